The second-order valence-electron chi connectivity index (χ2n) is 6.48. The number of hydrogen-bond acceptors (Lipinski definition) is 2. The number of amides is 1. The van der Waals surface area contributed by atoms with Gasteiger partial charge in [0.2, 0.25) is 5.91 Å². The van der Waals surface area contributed by atoms with Crippen LogP contribution in [0.15, 0.2) is 0 Å². The van der Waals surface area contributed by atoms with Crippen LogP contribution in [0.25, 0.3) is 0 Å². The van der Waals surface area contributed by atoms with Crippen LogP contribution in [0.1, 0.15) is 57.8 Å². The van der Waals surface area contributed by atoms with E-state index in [-0.39, 0.29) is 5.91 Å². The molecule has 0 spiro atoms. The summed E-state index contributed by atoms with van der Waals surface area (Å²) in [4.78, 5) is 14.0. The summed E-state index contributed by atoms with van der Waals surface area (Å²) >= 11 is 0. The Morgan fingerprint density at radius 3 is 2.53 bits per heavy atom. The van der Waals surface area contributed by atoms with Crippen molar-refractivity contribution >= 4 is 5.91 Å². The van der Waals surface area contributed by atoms with E-state index in [4.69, 9.17) is 0 Å². The summed E-state index contributed by atoms with van der Waals surface area (Å²) < 4.78 is 0. The molecule has 0 bridgehead atoms. The van der Waals surface area contributed by atoms with Gasteiger partial charge >= 0.3 is 0 Å². The predicted octanol–water partition coefficient (Wildman–Crippen LogP) is 2.80. The van der Waals surface area contributed by atoms with E-state index in [0.29, 0.717) is 5.92 Å². The molecule has 110 valence electrons. The van der Waals surface area contributed by atoms with E-state index < -0.39 is 0 Å². The second-order valence-corrected chi connectivity index (χ2v) is 6.48. The zero-order valence-electron chi connectivity index (χ0n) is 12.5. The molecular formula is C16H30N2O. The van der Waals surface area contributed by atoms with Gasteiger partial charge in [-0.1, -0.05) is 38.5 Å². The maximum Gasteiger partial charge on any atom is 0.220 e. The summed E-state index contributed by atoms with van der Waals surface area (Å²) in [6.07, 6.45) is 12.0. The van der Waals surface area contributed by atoms with Crippen LogP contribution >= 0.6 is 0 Å². The number of carbonyl (C=O) groups excluding carboxylic acids is 1. The lowest BCUT2D eigenvalue weighted by atomic mass is 9.96. The molecule has 1 saturated heterocycles. The first kappa shape index (κ1) is 14.8. The third kappa shape index (κ3) is 5.13. The van der Waals surface area contributed by atoms with Gasteiger partial charge in [0.1, 0.15) is 0 Å². The first-order valence-corrected chi connectivity index (χ1v) is 8.21. The SMILES string of the molecule is CNC(=O)C[C@H]1CCN(CCC2CCCCCC2)C1. The van der Waals surface area contributed by atoms with Gasteiger partial charge in [0.25, 0.3) is 0 Å². The van der Waals surface area contributed by atoms with E-state index in [9.17, 15) is 4.79 Å². The fraction of sp³-hybridized carbons (Fsp3) is 0.938. The van der Waals surface area contributed by atoms with Crippen LogP contribution in [0.4, 0.5) is 0 Å². The molecule has 3 nitrogen and oxygen atoms in total. The molecule has 2 fully saturated rings. The molecule has 1 saturated carbocycles. The number of likely N-dealkylation sites (tertiary alicyclic amines) is 1. The lowest BCUT2D eigenvalue weighted by Crippen LogP contribution is -2.26. The quantitative estimate of drug-likeness (QED) is 0.776. The van der Waals surface area contributed by atoms with Gasteiger partial charge in [-0.2, -0.15) is 0 Å². The van der Waals surface area contributed by atoms with Crippen LogP contribution in [0.3, 0.4) is 0 Å². The molecular weight excluding hydrogens is 236 g/mol. The molecule has 1 aliphatic heterocycles. The number of nitrogens with one attached hydrogen (secondary N) is 1. The summed E-state index contributed by atoms with van der Waals surface area (Å²) in [6, 6.07) is 0. The van der Waals surface area contributed by atoms with Crippen LogP contribution < -0.4 is 5.32 Å². The molecule has 3 heteroatoms. The summed E-state index contributed by atoms with van der Waals surface area (Å²) in [5, 5.41) is 2.74. The Hall–Kier alpha value is -0.570. The molecule has 0 radical (unpaired) electrons. The van der Waals surface area contributed by atoms with Crippen molar-refractivity contribution in [2.24, 2.45) is 11.8 Å². The summed E-state index contributed by atoms with van der Waals surface area (Å²) in [7, 11) is 1.74. The summed E-state index contributed by atoms with van der Waals surface area (Å²) in [6.45, 7) is 3.60. The first-order valence-electron chi connectivity index (χ1n) is 8.21. The highest BCUT2D eigenvalue weighted by Crippen LogP contribution is 2.27. The van der Waals surface area contributed by atoms with Gasteiger partial charge in [-0.3, -0.25) is 4.79 Å². The zero-order valence-corrected chi connectivity index (χ0v) is 12.5. The van der Waals surface area contributed by atoms with Crippen molar-refractivity contribution in [1.82, 2.24) is 10.2 Å². The molecule has 1 N–H and O–H groups in total. The molecule has 1 heterocycles. The molecule has 1 atom stereocenters. The Bertz CT molecular complexity index is 272. The maximum atomic E-state index is 11.4. The van der Waals surface area contributed by atoms with Gasteiger partial charge in [-0.05, 0) is 37.8 Å². The lowest BCUT2D eigenvalue weighted by Gasteiger charge is -2.20. The third-order valence-electron chi connectivity index (χ3n) is 4.95. The number of carbonyl (C=O) groups is 1. The highest BCUT2D eigenvalue weighted by atomic mass is 16.1. The van der Waals surface area contributed by atoms with E-state index in [0.717, 1.165) is 18.9 Å². The fourth-order valence-electron chi connectivity index (χ4n) is 3.66. The Morgan fingerprint density at radius 2 is 1.84 bits per heavy atom. The average molecular weight is 266 g/mol. The Kier molecular flexibility index (Phi) is 6.15. The molecule has 0 aromatic carbocycles. The minimum atomic E-state index is 0.204. The van der Waals surface area contributed by atoms with Crippen LogP contribution in [0.2, 0.25) is 0 Å². The molecule has 1 aliphatic carbocycles. The first-order chi connectivity index (χ1) is 9.28. The Morgan fingerprint density at radius 1 is 1.11 bits per heavy atom. The summed E-state index contributed by atoms with van der Waals surface area (Å²) in [5.41, 5.74) is 0. The van der Waals surface area contributed by atoms with Crippen molar-refractivity contribution in [3.8, 4) is 0 Å². The van der Waals surface area contributed by atoms with Crippen molar-refractivity contribution in [2.45, 2.75) is 57.8 Å². The topological polar surface area (TPSA) is 32.3 Å². The van der Waals surface area contributed by atoms with Gasteiger partial charge in [-0.15, -0.1) is 0 Å². The van der Waals surface area contributed by atoms with E-state index >= 15 is 0 Å². The Labute approximate surface area is 118 Å². The van der Waals surface area contributed by atoms with Crippen molar-refractivity contribution in [2.75, 3.05) is 26.7 Å². The number of nitrogens with zero attached hydrogens (tertiary/aromatic N) is 1. The average Bonchev–Trinajstić information content (AvgIpc) is 2.70. The minimum absolute atomic E-state index is 0.204. The highest BCUT2D eigenvalue weighted by Gasteiger charge is 2.24. The van der Waals surface area contributed by atoms with Crippen LogP contribution in [0, 0.1) is 11.8 Å². The Balaban J connectivity index is 1.63. The monoisotopic (exact) mass is 266 g/mol. The summed E-state index contributed by atoms with van der Waals surface area (Å²) in [5.74, 6) is 1.77. The van der Waals surface area contributed by atoms with Crippen molar-refractivity contribution in [3.63, 3.8) is 0 Å². The molecule has 0 aromatic heterocycles. The zero-order chi connectivity index (χ0) is 13.5. The molecule has 2 rings (SSSR count). The van der Waals surface area contributed by atoms with Gasteiger partial charge in [0.15, 0.2) is 0 Å². The van der Waals surface area contributed by atoms with Gasteiger partial charge in [-0.25, -0.2) is 0 Å². The number of rotatable bonds is 5. The highest BCUT2D eigenvalue weighted by molar-refractivity contribution is 5.75. The van der Waals surface area contributed by atoms with E-state index in [2.05, 4.69) is 10.2 Å². The molecule has 0 unspecified atom stereocenters. The van der Waals surface area contributed by atoms with E-state index in [1.54, 1.807) is 7.05 Å². The third-order valence-corrected chi connectivity index (χ3v) is 4.95. The predicted molar refractivity (Wildman–Crippen MR) is 79.0 cm³/mol. The van der Waals surface area contributed by atoms with E-state index in [1.165, 1.54) is 64.5 Å². The van der Waals surface area contributed by atoms with Gasteiger partial charge in [0.05, 0.1) is 0 Å². The molecule has 19 heavy (non-hydrogen) atoms. The molecule has 0 aromatic rings. The van der Waals surface area contributed by atoms with Crippen LogP contribution in [0.5, 0.6) is 0 Å². The van der Waals surface area contributed by atoms with Crippen molar-refractivity contribution < 1.29 is 4.79 Å². The maximum absolute atomic E-state index is 11.4. The lowest BCUT2D eigenvalue weighted by molar-refractivity contribution is -0.121. The molecule has 1 amide bonds. The normalized spacial score (nSPS) is 26.3. The van der Waals surface area contributed by atoms with Crippen molar-refractivity contribution in [1.29, 1.82) is 0 Å². The standard InChI is InChI=1S/C16H30N2O/c1-17-16(19)12-15-9-11-18(13-15)10-8-14-6-4-2-3-5-7-14/h14-15H,2-13H2,1H3,(H,17,19)/t15-/m1/s1. The number of hydrogen-bond donors (Lipinski definition) is 1. The fourth-order valence-corrected chi connectivity index (χ4v) is 3.66. The minimum Gasteiger partial charge on any atom is -0.359 e. The van der Waals surface area contributed by atoms with Gasteiger partial charge in [0, 0.05) is 20.0 Å². The molecule has 2 aliphatic rings. The van der Waals surface area contributed by atoms with Gasteiger partial charge < -0.3 is 10.2 Å². The van der Waals surface area contributed by atoms with Crippen molar-refractivity contribution in [3.05, 3.63) is 0 Å². The van der Waals surface area contributed by atoms with E-state index in [1.807, 2.05) is 0 Å². The van der Waals surface area contributed by atoms with Crippen LogP contribution in [-0.4, -0.2) is 37.5 Å². The largest absolute Gasteiger partial charge is 0.359 e. The smallest absolute Gasteiger partial charge is 0.220 e. The second kappa shape index (κ2) is 7.88. The van der Waals surface area contributed by atoms with Crippen LogP contribution in [-0.2, 0) is 4.79 Å².